The van der Waals surface area contributed by atoms with E-state index in [4.69, 9.17) is 14.2 Å². The van der Waals surface area contributed by atoms with Gasteiger partial charge in [-0.2, -0.15) is 0 Å². The molecule has 0 unspecified atom stereocenters. The first-order valence-electron chi connectivity index (χ1n) is 11.1. The molecule has 1 aliphatic carbocycles. The van der Waals surface area contributed by atoms with Gasteiger partial charge in [-0.3, -0.25) is 4.98 Å². The van der Waals surface area contributed by atoms with Gasteiger partial charge in [0.1, 0.15) is 18.5 Å². The number of fused-ring (bicyclic) bond motifs is 1. The van der Waals surface area contributed by atoms with Crippen LogP contribution in [0, 0.1) is 6.92 Å². The van der Waals surface area contributed by atoms with Gasteiger partial charge in [-0.1, -0.05) is 37.6 Å². The van der Waals surface area contributed by atoms with Crippen LogP contribution in [0.15, 0.2) is 42.7 Å². The molecule has 1 N–H and O–H groups in total. The van der Waals surface area contributed by atoms with Gasteiger partial charge < -0.3 is 19.5 Å². The molecular formula is C25H30N4O3. The van der Waals surface area contributed by atoms with Gasteiger partial charge in [0.15, 0.2) is 23.1 Å². The van der Waals surface area contributed by atoms with E-state index in [0.29, 0.717) is 28.9 Å². The summed E-state index contributed by atoms with van der Waals surface area (Å²) in [5, 5.41) is 3.34. The minimum Gasteiger partial charge on any atom is -0.491 e. The lowest BCUT2D eigenvalue weighted by Crippen LogP contribution is -2.17. The van der Waals surface area contributed by atoms with Gasteiger partial charge in [0.2, 0.25) is 0 Å². The Kier molecular flexibility index (Phi) is 7.04. The molecule has 0 radical (unpaired) electrons. The van der Waals surface area contributed by atoms with E-state index in [2.05, 4.69) is 51.5 Å². The summed E-state index contributed by atoms with van der Waals surface area (Å²) in [7, 11) is 1.63. The number of unbranched alkanes of at least 4 members (excludes halogenated alkanes) is 1. The number of hydrogen-bond donors (Lipinski definition) is 1. The zero-order chi connectivity index (χ0) is 22.3. The van der Waals surface area contributed by atoms with Gasteiger partial charge in [-0.25, -0.2) is 9.97 Å². The zero-order valence-corrected chi connectivity index (χ0v) is 18.9. The molecule has 7 heteroatoms. The highest BCUT2D eigenvalue weighted by molar-refractivity contribution is 5.48. The molecule has 2 heterocycles. The first kappa shape index (κ1) is 21.9. The summed E-state index contributed by atoms with van der Waals surface area (Å²) >= 11 is 0. The first-order chi connectivity index (χ1) is 15.7. The smallest absolute Gasteiger partial charge is 0.180 e. The number of anilines is 1. The Labute approximate surface area is 189 Å². The summed E-state index contributed by atoms with van der Waals surface area (Å²) in [4.78, 5) is 13.2. The fraction of sp³-hybridized carbons (Fsp3) is 0.400. The first-order valence-corrected chi connectivity index (χ1v) is 11.1. The highest BCUT2D eigenvalue weighted by Crippen LogP contribution is 2.32. The predicted molar refractivity (Wildman–Crippen MR) is 124 cm³/mol. The number of nitrogens with zero attached hydrogens (tertiary/aromatic N) is 3. The van der Waals surface area contributed by atoms with Gasteiger partial charge in [-0.15, -0.1) is 0 Å². The largest absolute Gasteiger partial charge is 0.491 e. The van der Waals surface area contributed by atoms with E-state index in [1.165, 1.54) is 11.1 Å². The molecule has 168 valence electrons. The molecule has 0 saturated carbocycles. The van der Waals surface area contributed by atoms with Crippen LogP contribution >= 0.6 is 0 Å². The molecule has 1 aliphatic rings. The van der Waals surface area contributed by atoms with Crippen LogP contribution in [0.1, 0.15) is 42.4 Å². The van der Waals surface area contributed by atoms with Gasteiger partial charge in [0.05, 0.1) is 25.2 Å². The van der Waals surface area contributed by atoms with Crippen molar-refractivity contribution in [3.05, 3.63) is 65.4 Å². The highest BCUT2D eigenvalue weighted by atomic mass is 16.5. The van der Waals surface area contributed by atoms with Crippen molar-refractivity contribution >= 4 is 5.82 Å². The molecule has 0 spiro atoms. The SMILES string of the molecule is CCCCNc1nc(C)ncc1OCc1cc(OC2Cc3ccccc3C2)c(OC)cn1. The second-order valence-corrected chi connectivity index (χ2v) is 7.94. The fourth-order valence-electron chi connectivity index (χ4n) is 3.80. The summed E-state index contributed by atoms with van der Waals surface area (Å²) in [5.74, 6) is 3.32. The molecule has 1 aromatic carbocycles. The fourth-order valence-corrected chi connectivity index (χ4v) is 3.80. The average Bonchev–Trinajstić information content (AvgIpc) is 3.21. The van der Waals surface area contributed by atoms with E-state index >= 15 is 0 Å². The lowest BCUT2D eigenvalue weighted by atomic mass is 10.1. The van der Waals surface area contributed by atoms with Gasteiger partial charge in [-0.05, 0) is 24.5 Å². The van der Waals surface area contributed by atoms with Crippen LogP contribution in [-0.2, 0) is 19.4 Å². The van der Waals surface area contributed by atoms with Crippen LogP contribution in [-0.4, -0.2) is 34.7 Å². The lowest BCUT2D eigenvalue weighted by molar-refractivity contribution is 0.202. The molecule has 7 nitrogen and oxygen atoms in total. The van der Waals surface area contributed by atoms with Crippen molar-refractivity contribution in [2.75, 3.05) is 19.0 Å². The second kappa shape index (κ2) is 10.3. The summed E-state index contributed by atoms with van der Waals surface area (Å²) in [5.41, 5.74) is 3.43. The van der Waals surface area contributed by atoms with Gasteiger partial charge >= 0.3 is 0 Å². The minimum atomic E-state index is 0.0809. The van der Waals surface area contributed by atoms with Crippen molar-refractivity contribution in [2.24, 2.45) is 0 Å². The zero-order valence-electron chi connectivity index (χ0n) is 18.9. The number of ether oxygens (including phenoxy) is 3. The molecule has 0 amide bonds. The maximum atomic E-state index is 6.32. The molecule has 0 saturated heterocycles. The molecule has 0 atom stereocenters. The molecule has 3 aromatic rings. The quantitative estimate of drug-likeness (QED) is 0.470. The van der Waals surface area contributed by atoms with E-state index in [0.717, 1.165) is 37.9 Å². The Hall–Kier alpha value is -3.35. The molecule has 0 aliphatic heterocycles. The van der Waals surface area contributed by atoms with Crippen LogP contribution < -0.4 is 19.5 Å². The van der Waals surface area contributed by atoms with E-state index in [1.54, 1.807) is 19.5 Å². The molecule has 0 fully saturated rings. The number of benzene rings is 1. The molecule has 2 aromatic heterocycles. The number of aryl methyl sites for hydroxylation is 1. The topological polar surface area (TPSA) is 78.4 Å². The molecule has 0 bridgehead atoms. The number of aromatic nitrogens is 3. The number of pyridine rings is 1. The summed E-state index contributed by atoms with van der Waals surface area (Å²) < 4.78 is 17.8. The molecular weight excluding hydrogens is 404 g/mol. The van der Waals surface area contributed by atoms with Crippen molar-refractivity contribution in [3.63, 3.8) is 0 Å². The van der Waals surface area contributed by atoms with E-state index in [1.807, 2.05) is 13.0 Å². The van der Waals surface area contributed by atoms with Crippen LogP contribution in [0.5, 0.6) is 17.2 Å². The summed E-state index contributed by atoms with van der Waals surface area (Å²) in [6, 6.07) is 10.4. The van der Waals surface area contributed by atoms with Gasteiger partial charge in [0, 0.05) is 25.5 Å². The maximum Gasteiger partial charge on any atom is 0.180 e. The standard InChI is InChI=1S/C25H30N4O3/c1-4-5-10-26-25-24(15-27-17(2)29-25)31-16-20-13-22(23(30-3)14-28-20)32-21-11-18-8-6-7-9-19(18)12-21/h6-9,13-15,21H,4-5,10-12,16H2,1-3H3,(H,26,27,29). The normalized spacial score (nSPS) is 13.0. The van der Waals surface area contributed by atoms with Gasteiger partial charge in [0.25, 0.3) is 0 Å². The van der Waals surface area contributed by atoms with Crippen molar-refractivity contribution in [3.8, 4) is 17.2 Å². The molecule has 32 heavy (non-hydrogen) atoms. The summed E-state index contributed by atoms with van der Waals surface area (Å²) in [6.45, 7) is 5.14. The Morgan fingerprint density at radius 2 is 1.78 bits per heavy atom. The van der Waals surface area contributed by atoms with Crippen molar-refractivity contribution in [2.45, 2.75) is 52.2 Å². The van der Waals surface area contributed by atoms with E-state index in [-0.39, 0.29) is 12.7 Å². The summed E-state index contributed by atoms with van der Waals surface area (Å²) in [6.07, 6.45) is 7.42. The number of methoxy groups -OCH3 is 1. The van der Waals surface area contributed by atoms with Crippen LogP contribution in [0.4, 0.5) is 5.82 Å². The third-order valence-corrected chi connectivity index (χ3v) is 5.49. The third-order valence-electron chi connectivity index (χ3n) is 5.49. The Balaban J connectivity index is 1.44. The monoisotopic (exact) mass is 434 g/mol. The van der Waals surface area contributed by atoms with E-state index < -0.39 is 0 Å². The maximum absolute atomic E-state index is 6.32. The average molecular weight is 435 g/mol. The predicted octanol–water partition coefficient (Wildman–Crippen LogP) is 4.53. The Morgan fingerprint density at radius 1 is 1.03 bits per heavy atom. The van der Waals surface area contributed by atoms with Crippen molar-refractivity contribution in [1.29, 1.82) is 0 Å². The number of nitrogens with one attached hydrogen (secondary N) is 1. The minimum absolute atomic E-state index is 0.0809. The third kappa shape index (κ3) is 5.28. The van der Waals surface area contributed by atoms with Crippen LogP contribution in [0.25, 0.3) is 0 Å². The van der Waals surface area contributed by atoms with Crippen molar-refractivity contribution in [1.82, 2.24) is 15.0 Å². The Morgan fingerprint density at radius 3 is 2.50 bits per heavy atom. The van der Waals surface area contributed by atoms with Crippen molar-refractivity contribution < 1.29 is 14.2 Å². The van der Waals surface area contributed by atoms with Crippen LogP contribution in [0.2, 0.25) is 0 Å². The highest BCUT2D eigenvalue weighted by Gasteiger charge is 2.24. The van der Waals surface area contributed by atoms with E-state index in [9.17, 15) is 0 Å². The number of hydrogen-bond acceptors (Lipinski definition) is 7. The lowest BCUT2D eigenvalue weighted by Gasteiger charge is -2.17. The molecule has 4 rings (SSSR count). The number of rotatable bonds is 10. The van der Waals surface area contributed by atoms with Crippen LogP contribution in [0.3, 0.4) is 0 Å². The Bertz CT molecular complexity index is 1030. The second-order valence-electron chi connectivity index (χ2n) is 7.94.